The molecule has 9 nitrogen and oxygen atoms in total. The first kappa shape index (κ1) is 31.8. The molecule has 1 saturated heterocycles. The van der Waals surface area contributed by atoms with Gasteiger partial charge in [0.2, 0.25) is 15.9 Å². The van der Waals surface area contributed by atoms with Crippen LogP contribution in [0.5, 0.6) is 17.4 Å². The number of hydrogen-bond donors (Lipinski definition) is 1. The Hall–Kier alpha value is -4.65. The maximum Gasteiger partial charge on any atom is 0.435 e. The average molecular weight is 641 g/mol. The lowest BCUT2D eigenvalue weighted by Crippen LogP contribution is -2.38. The number of rotatable bonds is 9. The fraction of sp³-hybridized carbons (Fsp3) is 0.281. The highest BCUT2D eigenvalue weighted by atomic mass is 32.2. The van der Waals surface area contributed by atoms with E-state index in [1.54, 1.807) is 54.3 Å². The van der Waals surface area contributed by atoms with Crippen LogP contribution in [-0.2, 0) is 22.0 Å². The van der Waals surface area contributed by atoms with E-state index in [1.807, 2.05) is 18.2 Å². The Balaban J connectivity index is 1.21. The molecule has 3 aromatic carbocycles. The third-order valence-electron chi connectivity index (χ3n) is 7.53. The molecule has 5 rings (SSSR count). The van der Waals surface area contributed by atoms with Crippen LogP contribution in [0.15, 0.2) is 78.9 Å². The standard InChI is InChI=1S/C32H31F3N4O5S/c1-21-18-28(43-2)27(38-45(41,42)20-22-6-4-3-5-7-22)19-26(21)31(40)39-16-14-24(15-17-39)23-8-10-25(11-9-23)44-30-13-12-29(36-37-30)32(33,34)35/h3-13,18-19,24,38H,14-17,20H2,1-2H3. The van der Waals surface area contributed by atoms with Gasteiger partial charge in [0, 0.05) is 24.7 Å². The largest absolute Gasteiger partial charge is 0.495 e. The van der Waals surface area contributed by atoms with Crippen LogP contribution in [0.3, 0.4) is 0 Å². The van der Waals surface area contributed by atoms with Crippen molar-refractivity contribution in [2.75, 3.05) is 24.9 Å². The monoisotopic (exact) mass is 640 g/mol. The molecule has 1 aliphatic heterocycles. The molecule has 0 atom stereocenters. The van der Waals surface area contributed by atoms with Gasteiger partial charge < -0.3 is 14.4 Å². The molecule has 0 spiro atoms. The number of anilines is 1. The number of amides is 1. The first-order valence-corrected chi connectivity index (χ1v) is 15.8. The van der Waals surface area contributed by atoms with Crippen LogP contribution in [0.4, 0.5) is 18.9 Å². The smallest absolute Gasteiger partial charge is 0.435 e. The number of hydrogen-bond acceptors (Lipinski definition) is 7. The number of nitrogens with zero attached hydrogens (tertiary/aromatic N) is 3. The summed E-state index contributed by atoms with van der Waals surface area (Å²) in [6.45, 7) is 2.79. The van der Waals surface area contributed by atoms with Gasteiger partial charge in [-0.25, -0.2) is 8.42 Å². The van der Waals surface area contributed by atoms with Gasteiger partial charge in [-0.05, 0) is 72.7 Å². The van der Waals surface area contributed by atoms with E-state index in [2.05, 4.69) is 14.9 Å². The van der Waals surface area contributed by atoms with Gasteiger partial charge in [-0.15, -0.1) is 10.2 Å². The van der Waals surface area contributed by atoms with E-state index in [0.717, 1.165) is 17.7 Å². The number of ether oxygens (including phenoxy) is 2. The number of methoxy groups -OCH3 is 1. The van der Waals surface area contributed by atoms with Crippen LogP contribution in [0, 0.1) is 6.92 Å². The highest BCUT2D eigenvalue weighted by Crippen LogP contribution is 2.34. The van der Waals surface area contributed by atoms with E-state index in [-0.39, 0.29) is 29.1 Å². The number of aryl methyl sites for hydroxylation is 1. The van der Waals surface area contributed by atoms with E-state index in [0.29, 0.717) is 54.1 Å². The van der Waals surface area contributed by atoms with Crippen molar-refractivity contribution in [3.05, 3.63) is 107 Å². The summed E-state index contributed by atoms with van der Waals surface area (Å²) in [7, 11) is -2.34. The zero-order valence-corrected chi connectivity index (χ0v) is 25.4. The molecule has 1 N–H and O–H groups in total. The number of nitrogens with one attached hydrogen (secondary N) is 1. The predicted molar refractivity (Wildman–Crippen MR) is 162 cm³/mol. The highest BCUT2D eigenvalue weighted by molar-refractivity contribution is 7.91. The maximum absolute atomic E-state index is 13.6. The van der Waals surface area contributed by atoms with Crippen LogP contribution in [0.2, 0.25) is 0 Å². The fourth-order valence-corrected chi connectivity index (χ4v) is 6.40. The minimum atomic E-state index is -4.58. The van der Waals surface area contributed by atoms with Gasteiger partial charge in [-0.2, -0.15) is 13.2 Å². The summed E-state index contributed by atoms with van der Waals surface area (Å²) in [4.78, 5) is 15.3. The number of benzene rings is 3. The molecule has 45 heavy (non-hydrogen) atoms. The molecular weight excluding hydrogens is 609 g/mol. The quantitative estimate of drug-likeness (QED) is 0.220. The number of piperidine rings is 1. The van der Waals surface area contributed by atoms with E-state index >= 15 is 0 Å². The predicted octanol–water partition coefficient (Wildman–Crippen LogP) is 6.57. The van der Waals surface area contributed by atoms with Crippen LogP contribution in [-0.4, -0.2) is 49.6 Å². The first-order valence-electron chi connectivity index (χ1n) is 14.1. The van der Waals surface area contributed by atoms with Crippen LogP contribution >= 0.6 is 0 Å². The number of sulfonamides is 1. The molecule has 1 fully saturated rings. The number of halogens is 3. The topological polar surface area (TPSA) is 111 Å². The Labute approximate surface area is 259 Å². The van der Waals surface area contributed by atoms with Gasteiger partial charge in [0.15, 0.2) is 5.69 Å². The van der Waals surface area contributed by atoms with Gasteiger partial charge >= 0.3 is 6.18 Å². The zero-order chi connectivity index (χ0) is 32.2. The van der Waals surface area contributed by atoms with Crippen molar-refractivity contribution in [3.63, 3.8) is 0 Å². The van der Waals surface area contributed by atoms with Crippen molar-refractivity contribution in [1.82, 2.24) is 15.1 Å². The molecule has 1 aromatic heterocycles. The summed E-state index contributed by atoms with van der Waals surface area (Å²) in [5.41, 5.74) is 1.83. The second kappa shape index (κ2) is 13.1. The van der Waals surface area contributed by atoms with Gasteiger partial charge in [0.25, 0.3) is 5.91 Å². The molecule has 13 heteroatoms. The Kier molecular flexibility index (Phi) is 9.28. The van der Waals surface area contributed by atoms with Crippen molar-refractivity contribution >= 4 is 21.6 Å². The molecule has 4 aromatic rings. The SMILES string of the molecule is COc1cc(C)c(C(=O)N2CCC(c3ccc(Oc4ccc(C(F)(F)F)nn4)cc3)CC2)cc1NS(=O)(=O)Cc1ccccc1. The Bertz CT molecular complexity index is 1740. The molecule has 0 saturated carbocycles. The van der Waals surface area contributed by atoms with Crippen molar-refractivity contribution in [1.29, 1.82) is 0 Å². The Morgan fingerprint density at radius 2 is 1.67 bits per heavy atom. The van der Waals surface area contributed by atoms with Crippen molar-refractivity contribution in [2.24, 2.45) is 0 Å². The summed E-state index contributed by atoms with van der Waals surface area (Å²) >= 11 is 0. The third-order valence-corrected chi connectivity index (χ3v) is 8.77. The highest BCUT2D eigenvalue weighted by Gasteiger charge is 2.33. The number of likely N-dealkylation sites (tertiary alicyclic amines) is 1. The van der Waals surface area contributed by atoms with Crippen molar-refractivity contribution in [3.8, 4) is 17.4 Å². The molecular formula is C32H31F3N4O5S. The minimum absolute atomic E-state index is 0.0523. The van der Waals surface area contributed by atoms with Crippen LogP contribution in [0.1, 0.15) is 51.5 Å². The van der Waals surface area contributed by atoms with Crippen LogP contribution in [0.25, 0.3) is 0 Å². The Morgan fingerprint density at radius 1 is 0.978 bits per heavy atom. The zero-order valence-electron chi connectivity index (χ0n) is 24.5. The molecule has 1 amide bonds. The lowest BCUT2D eigenvalue weighted by molar-refractivity contribution is -0.141. The van der Waals surface area contributed by atoms with E-state index in [4.69, 9.17) is 9.47 Å². The Morgan fingerprint density at radius 3 is 2.27 bits per heavy atom. The summed E-state index contributed by atoms with van der Waals surface area (Å²) < 4.78 is 77.5. The van der Waals surface area contributed by atoms with Gasteiger partial charge in [-0.3, -0.25) is 9.52 Å². The van der Waals surface area contributed by atoms with E-state index in [9.17, 15) is 26.4 Å². The lowest BCUT2D eigenvalue weighted by Gasteiger charge is -2.33. The molecule has 0 radical (unpaired) electrons. The van der Waals surface area contributed by atoms with E-state index in [1.165, 1.54) is 13.2 Å². The minimum Gasteiger partial charge on any atom is -0.495 e. The molecule has 0 bridgehead atoms. The molecule has 2 heterocycles. The molecule has 236 valence electrons. The normalized spacial score (nSPS) is 14.2. The van der Waals surface area contributed by atoms with E-state index < -0.39 is 21.9 Å². The van der Waals surface area contributed by atoms with Gasteiger partial charge in [0.1, 0.15) is 11.5 Å². The van der Waals surface area contributed by atoms with Crippen molar-refractivity contribution < 1.29 is 35.9 Å². The molecule has 1 aliphatic rings. The van der Waals surface area contributed by atoms with Crippen LogP contribution < -0.4 is 14.2 Å². The second-order valence-corrected chi connectivity index (χ2v) is 12.4. The summed E-state index contributed by atoms with van der Waals surface area (Å²) in [6.07, 6.45) is -3.16. The number of aromatic nitrogens is 2. The number of carbonyl (C=O) groups excluding carboxylic acids is 1. The first-order chi connectivity index (χ1) is 21.4. The maximum atomic E-state index is 13.6. The third kappa shape index (κ3) is 7.90. The average Bonchev–Trinajstić information content (AvgIpc) is 3.02. The number of carbonyl (C=O) groups is 1. The summed E-state index contributed by atoms with van der Waals surface area (Å²) in [5.74, 6) is 0.439. The number of alkyl halides is 3. The summed E-state index contributed by atoms with van der Waals surface area (Å²) in [6, 6.07) is 21.1. The van der Waals surface area contributed by atoms with Gasteiger partial charge in [-0.1, -0.05) is 42.5 Å². The lowest BCUT2D eigenvalue weighted by atomic mass is 9.89. The van der Waals surface area contributed by atoms with Gasteiger partial charge in [0.05, 0.1) is 18.6 Å². The fourth-order valence-electron chi connectivity index (χ4n) is 5.20. The second-order valence-electron chi connectivity index (χ2n) is 10.7. The van der Waals surface area contributed by atoms with Crippen molar-refractivity contribution in [2.45, 2.75) is 37.6 Å². The summed E-state index contributed by atoms with van der Waals surface area (Å²) in [5, 5.41) is 6.65. The molecule has 0 unspecified atom stereocenters. The molecule has 0 aliphatic carbocycles.